The topological polar surface area (TPSA) is 61.8 Å². The maximum atomic E-state index is 6.25. The summed E-state index contributed by atoms with van der Waals surface area (Å²) in [5.74, 6) is 1.73. The SMILES string of the molecule is CCNC(=NCCCOCC)NC1CCN(c2ncccc2Cl)C1.I. The van der Waals surface area contributed by atoms with Gasteiger partial charge in [-0.05, 0) is 38.8 Å². The van der Waals surface area contributed by atoms with Crippen molar-refractivity contribution in [2.75, 3.05) is 44.3 Å². The van der Waals surface area contributed by atoms with Gasteiger partial charge in [-0.25, -0.2) is 4.98 Å². The fourth-order valence-electron chi connectivity index (χ4n) is 2.70. The first-order valence-corrected chi connectivity index (χ1v) is 9.10. The molecule has 1 aliphatic heterocycles. The highest BCUT2D eigenvalue weighted by Gasteiger charge is 2.25. The smallest absolute Gasteiger partial charge is 0.191 e. The van der Waals surface area contributed by atoms with Crippen LogP contribution >= 0.6 is 35.6 Å². The maximum absolute atomic E-state index is 6.25. The molecule has 1 aromatic heterocycles. The summed E-state index contributed by atoms with van der Waals surface area (Å²) in [6.07, 6.45) is 3.76. The number of hydrogen-bond donors (Lipinski definition) is 2. The zero-order chi connectivity index (χ0) is 17.2. The van der Waals surface area contributed by atoms with Gasteiger partial charge in [0.15, 0.2) is 5.96 Å². The molecule has 1 atom stereocenters. The van der Waals surface area contributed by atoms with Crippen molar-refractivity contribution in [3.05, 3.63) is 23.4 Å². The van der Waals surface area contributed by atoms with E-state index in [4.69, 9.17) is 16.3 Å². The van der Waals surface area contributed by atoms with Gasteiger partial charge in [0.25, 0.3) is 0 Å². The number of anilines is 1. The van der Waals surface area contributed by atoms with Crippen LogP contribution in [0, 0.1) is 0 Å². The molecule has 142 valence electrons. The van der Waals surface area contributed by atoms with E-state index in [9.17, 15) is 0 Å². The van der Waals surface area contributed by atoms with Crippen molar-refractivity contribution in [1.29, 1.82) is 0 Å². The van der Waals surface area contributed by atoms with Gasteiger partial charge in [-0.3, -0.25) is 4.99 Å². The Bertz CT molecular complexity index is 532. The zero-order valence-corrected chi connectivity index (χ0v) is 18.1. The Kier molecular flexibility index (Phi) is 11.2. The van der Waals surface area contributed by atoms with Crippen LogP contribution in [-0.4, -0.2) is 56.4 Å². The van der Waals surface area contributed by atoms with Crippen molar-refractivity contribution < 1.29 is 4.74 Å². The number of ether oxygens (including phenoxy) is 1. The fourth-order valence-corrected chi connectivity index (χ4v) is 2.94. The average molecular weight is 482 g/mol. The summed E-state index contributed by atoms with van der Waals surface area (Å²) in [5, 5.41) is 7.52. The number of aliphatic imine (C=N–C) groups is 1. The molecule has 2 N–H and O–H groups in total. The Morgan fingerprint density at radius 1 is 1.48 bits per heavy atom. The second-order valence-electron chi connectivity index (χ2n) is 5.70. The highest BCUT2D eigenvalue weighted by atomic mass is 127. The van der Waals surface area contributed by atoms with Gasteiger partial charge in [0.1, 0.15) is 5.82 Å². The fraction of sp³-hybridized carbons (Fsp3) is 0.647. The number of halogens is 2. The molecule has 2 heterocycles. The number of pyridine rings is 1. The normalized spacial score (nSPS) is 17.3. The van der Waals surface area contributed by atoms with Crippen LogP contribution in [0.25, 0.3) is 0 Å². The number of aromatic nitrogens is 1. The van der Waals surface area contributed by atoms with Gasteiger partial charge in [-0.1, -0.05) is 11.6 Å². The molecule has 2 rings (SSSR count). The maximum Gasteiger partial charge on any atom is 0.191 e. The molecule has 1 aromatic rings. The van der Waals surface area contributed by atoms with Gasteiger partial charge in [0, 0.05) is 51.6 Å². The Hall–Kier alpha value is -0.800. The summed E-state index contributed by atoms with van der Waals surface area (Å²) in [5.41, 5.74) is 0. The summed E-state index contributed by atoms with van der Waals surface area (Å²) in [6.45, 7) is 9.03. The molecular weight excluding hydrogens is 453 g/mol. The second kappa shape index (κ2) is 12.5. The van der Waals surface area contributed by atoms with Gasteiger partial charge in [0.05, 0.1) is 5.02 Å². The number of guanidine groups is 1. The lowest BCUT2D eigenvalue weighted by molar-refractivity contribution is 0.146. The van der Waals surface area contributed by atoms with Crippen LogP contribution in [0.4, 0.5) is 5.82 Å². The predicted octanol–water partition coefficient (Wildman–Crippen LogP) is 2.91. The molecule has 0 bridgehead atoms. The minimum absolute atomic E-state index is 0. The Morgan fingerprint density at radius 3 is 3.04 bits per heavy atom. The molecule has 1 unspecified atom stereocenters. The predicted molar refractivity (Wildman–Crippen MR) is 116 cm³/mol. The number of nitrogens with zero attached hydrogens (tertiary/aromatic N) is 3. The summed E-state index contributed by atoms with van der Waals surface area (Å²) < 4.78 is 5.35. The van der Waals surface area contributed by atoms with E-state index >= 15 is 0 Å². The standard InChI is InChI=1S/C17H28ClN5O.HI/c1-3-19-17(21-10-6-12-24-4-2)22-14-8-11-23(13-14)16-15(18)7-5-9-20-16;/h5,7,9,14H,3-4,6,8,10-13H2,1-2H3,(H2,19,21,22);1H. The van der Waals surface area contributed by atoms with Crippen LogP contribution in [0.3, 0.4) is 0 Å². The van der Waals surface area contributed by atoms with Crippen molar-refractivity contribution in [2.45, 2.75) is 32.7 Å². The minimum atomic E-state index is 0. The molecule has 8 heteroatoms. The molecule has 25 heavy (non-hydrogen) atoms. The lowest BCUT2D eigenvalue weighted by Crippen LogP contribution is -2.44. The Balaban J connectivity index is 0.00000312. The molecule has 1 aliphatic rings. The van der Waals surface area contributed by atoms with Gasteiger partial charge in [-0.15, -0.1) is 24.0 Å². The summed E-state index contributed by atoms with van der Waals surface area (Å²) in [6, 6.07) is 4.08. The van der Waals surface area contributed by atoms with E-state index in [0.29, 0.717) is 11.1 Å². The third-order valence-corrected chi connectivity index (χ3v) is 4.13. The molecule has 0 aliphatic carbocycles. The summed E-state index contributed by atoms with van der Waals surface area (Å²) >= 11 is 6.25. The van der Waals surface area contributed by atoms with E-state index < -0.39 is 0 Å². The van der Waals surface area contributed by atoms with Crippen LogP contribution < -0.4 is 15.5 Å². The molecule has 1 saturated heterocycles. The molecule has 0 amide bonds. The van der Waals surface area contributed by atoms with Crippen LogP contribution in [0.1, 0.15) is 26.7 Å². The first-order valence-electron chi connectivity index (χ1n) is 8.72. The van der Waals surface area contributed by atoms with Gasteiger partial charge >= 0.3 is 0 Å². The van der Waals surface area contributed by atoms with Gasteiger partial charge in [-0.2, -0.15) is 0 Å². The van der Waals surface area contributed by atoms with Crippen molar-refractivity contribution in [1.82, 2.24) is 15.6 Å². The van der Waals surface area contributed by atoms with Crippen molar-refractivity contribution in [2.24, 2.45) is 4.99 Å². The van der Waals surface area contributed by atoms with Crippen LogP contribution in [-0.2, 0) is 4.74 Å². The van der Waals surface area contributed by atoms with E-state index in [-0.39, 0.29) is 24.0 Å². The first kappa shape index (κ1) is 22.2. The van der Waals surface area contributed by atoms with E-state index in [1.54, 1.807) is 6.20 Å². The molecule has 0 aromatic carbocycles. The first-order chi connectivity index (χ1) is 11.7. The lowest BCUT2D eigenvalue weighted by Gasteiger charge is -2.20. The van der Waals surface area contributed by atoms with E-state index in [1.807, 2.05) is 19.1 Å². The quantitative estimate of drug-likeness (QED) is 0.259. The highest BCUT2D eigenvalue weighted by molar-refractivity contribution is 14.0. The van der Waals surface area contributed by atoms with Crippen LogP contribution in [0.15, 0.2) is 23.3 Å². The molecule has 1 fully saturated rings. The molecule has 6 nitrogen and oxygen atoms in total. The molecular formula is C17H29ClIN5O. The summed E-state index contributed by atoms with van der Waals surface area (Å²) in [4.78, 5) is 11.2. The van der Waals surface area contributed by atoms with Crippen molar-refractivity contribution >= 4 is 47.4 Å². The lowest BCUT2D eigenvalue weighted by atomic mass is 10.3. The Labute approximate surface area is 172 Å². The van der Waals surface area contributed by atoms with E-state index in [1.165, 1.54) is 0 Å². The monoisotopic (exact) mass is 481 g/mol. The van der Waals surface area contributed by atoms with Crippen LogP contribution in [0.2, 0.25) is 5.02 Å². The molecule has 0 radical (unpaired) electrons. The van der Waals surface area contributed by atoms with Gasteiger partial charge in [0.2, 0.25) is 0 Å². The van der Waals surface area contributed by atoms with Gasteiger partial charge < -0.3 is 20.3 Å². The number of hydrogen-bond acceptors (Lipinski definition) is 4. The zero-order valence-electron chi connectivity index (χ0n) is 15.0. The largest absolute Gasteiger partial charge is 0.382 e. The number of nitrogens with one attached hydrogen (secondary N) is 2. The summed E-state index contributed by atoms with van der Waals surface area (Å²) in [7, 11) is 0. The third kappa shape index (κ3) is 7.53. The minimum Gasteiger partial charge on any atom is -0.382 e. The third-order valence-electron chi connectivity index (χ3n) is 3.83. The van der Waals surface area contributed by atoms with E-state index in [2.05, 4.69) is 32.4 Å². The van der Waals surface area contributed by atoms with E-state index in [0.717, 1.165) is 64.0 Å². The van der Waals surface area contributed by atoms with Crippen molar-refractivity contribution in [3.63, 3.8) is 0 Å². The average Bonchev–Trinajstić information content (AvgIpc) is 3.03. The highest BCUT2D eigenvalue weighted by Crippen LogP contribution is 2.25. The number of rotatable bonds is 8. The molecule has 0 saturated carbocycles. The second-order valence-corrected chi connectivity index (χ2v) is 6.10. The van der Waals surface area contributed by atoms with Crippen molar-refractivity contribution in [3.8, 4) is 0 Å². The Morgan fingerprint density at radius 2 is 2.32 bits per heavy atom. The molecule has 0 spiro atoms. The van der Waals surface area contributed by atoms with Crippen LogP contribution in [0.5, 0.6) is 0 Å².